The van der Waals surface area contributed by atoms with E-state index in [1.807, 2.05) is 6.20 Å². The smallest absolute Gasteiger partial charge is 0.146 e. The Balaban J connectivity index is 1.96. The molecule has 2 heterocycles. The van der Waals surface area contributed by atoms with E-state index < -0.39 is 0 Å². The first-order chi connectivity index (χ1) is 7.81. The highest BCUT2D eigenvalue weighted by atomic mass is 79.9. The van der Waals surface area contributed by atoms with E-state index in [0.717, 1.165) is 29.3 Å². The van der Waals surface area contributed by atoms with Crippen molar-refractivity contribution in [3.8, 4) is 0 Å². The van der Waals surface area contributed by atoms with Gasteiger partial charge in [-0.3, -0.25) is 0 Å². The Morgan fingerprint density at radius 1 is 1.44 bits per heavy atom. The fraction of sp³-hybridized carbons (Fsp3) is 0.667. The second-order valence-corrected chi connectivity index (χ2v) is 5.27. The normalized spacial score (nSPS) is 17.8. The molecule has 0 atom stereocenters. The molecule has 1 aromatic heterocycles. The Labute approximate surface area is 105 Å². The molecule has 4 heteroatoms. The van der Waals surface area contributed by atoms with Crippen LogP contribution in [0.15, 0.2) is 17.0 Å². The lowest BCUT2D eigenvalue weighted by Gasteiger charge is -2.33. The number of halogens is 1. The number of hydrogen-bond donors (Lipinski definition) is 0. The van der Waals surface area contributed by atoms with E-state index in [4.69, 9.17) is 0 Å². The van der Waals surface area contributed by atoms with Crippen LogP contribution in [0.3, 0.4) is 0 Å². The summed E-state index contributed by atoms with van der Waals surface area (Å²) in [6.07, 6.45) is 8.72. The van der Waals surface area contributed by atoms with Crippen molar-refractivity contribution in [1.29, 1.82) is 0 Å². The van der Waals surface area contributed by atoms with Crippen LogP contribution in [0.4, 0.5) is 5.82 Å². The monoisotopic (exact) mass is 283 g/mol. The molecule has 0 radical (unpaired) electrons. The first-order valence-corrected chi connectivity index (χ1v) is 6.81. The summed E-state index contributed by atoms with van der Waals surface area (Å²) >= 11 is 3.51. The molecular weight excluding hydrogens is 266 g/mol. The Morgan fingerprint density at radius 3 is 2.81 bits per heavy atom. The molecule has 1 aliphatic rings. The number of aromatic nitrogens is 2. The average Bonchev–Trinajstić information content (AvgIpc) is 2.31. The Hall–Kier alpha value is -0.640. The zero-order chi connectivity index (χ0) is 11.4. The van der Waals surface area contributed by atoms with Gasteiger partial charge in [0.25, 0.3) is 0 Å². The molecular formula is C12H18BrN3. The summed E-state index contributed by atoms with van der Waals surface area (Å²) in [6.45, 7) is 4.52. The van der Waals surface area contributed by atoms with Crippen LogP contribution in [0.25, 0.3) is 0 Å². The van der Waals surface area contributed by atoms with Crippen molar-refractivity contribution in [2.45, 2.75) is 32.6 Å². The lowest BCUT2D eigenvalue weighted by atomic mass is 9.92. The predicted octanol–water partition coefficient (Wildman–Crippen LogP) is 3.26. The Bertz CT molecular complexity index is 335. The van der Waals surface area contributed by atoms with Gasteiger partial charge in [0, 0.05) is 19.3 Å². The van der Waals surface area contributed by atoms with E-state index in [0.29, 0.717) is 0 Å². The number of rotatable bonds is 3. The summed E-state index contributed by atoms with van der Waals surface area (Å²) in [6, 6.07) is 0. The second kappa shape index (κ2) is 5.62. The first-order valence-electron chi connectivity index (χ1n) is 6.01. The molecule has 0 amide bonds. The maximum Gasteiger partial charge on any atom is 0.146 e. The van der Waals surface area contributed by atoms with Crippen LogP contribution < -0.4 is 4.90 Å². The predicted molar refractivity (Wildman–Crippen MR) is 69.6 cm³/mol. The van der Waals surface area contributed by atoms with Gasteiger partial charge < -0.3 is 4.90 Å². The van der Waals surface area contributed by atoms with E-state index in [1.165, 1.54) is 25.7 Å². The molecule has 0 unspecified atom stereocenters. The highest BCUT2D eigenvalue weighted by Gasteiger charge is 2.20. The van der Waals surface area contributed by atoms with Crippen molar-refractivity contribution in [3.05, 3.63) is 17.0 Å². The Kier molecular flexibility index (Phi) is 4.16. The van der Waals surface area contributed by atoms with Crippen LogP contribution in [-0.4, -0.2) is 23.1 Å². The van der Waals surface area contributed by atoms with Crippen molar-refractivity contribution in [2.75, 3.05) is 18.0 Å². The van der Waals surface area contributed by atoms with Gasteiger partial charge >= 0.3 is 0 Å². The molecule has 0 aliphatic carbocycles. The van der Waals surface area contributed by atoms with Gasteiger partial charge in [-0.25, -0.2) is 9.97 Å². The molecule has 1 aromatic rings. The maximum atomic E-state index is 4.34. The third-order valence-electron chi connectivity index (χ3n) is 3.26. The fourth-order valence-electron chi connectivity index (χ4n) is 2.38. The zero-order valence-corrected chi connectivity index (χ0v) is 11.3. The maximum absolute atomic E-state index is 4.34. The lowest BCUT2D eigenvalue weighted by Crippen LogP contribution is -2.34. The summed E-state index contributed by atoms with van der Waals surface area (Å²) in [5.41, 5.74) is 0. The molecule has 88 valence electrons. The van der Waals surface area contributed by atoms with Gasteiger partial charge in [-0.1, -0.05) is 19.8 Å². The quantitative estimate of drug-likeness (QED) is 0.853. The first kappa shape index (κ1) is 11.8. The third-order valence-corrected chi connectivity index (χ3v) is 3.82. The number of hydrogen-bond acceptors (Lipinski definition) is 3. The molecule has 3 nitrogen and oxygen atoms in total. The Morgan fingerprint density at radius 2 is 2.19 bits per heavy atom. The van der Waals surface area contributed by atoms with Crippen molar-refractivity contribution in [2.24, 2.45) is 5.92 Å². The minimum atomic E-state index is 0.918. The van der Waals surface area contributed by atoms with E-state index in [1.54, 1.807) is 6.33 Å². The van der Waals surface area contributed by atoms with Crippen molar-refractivity contribution < 1.29 is 0 Å². The van der Waals surface area contributed by atoms with Crippen molar-refractivity contribution >= 4 is 21.7 Å². The molecule has 0 spiro atoms. The zero-order valence-electron chi connectivity index (χ0n) is 9.69. The van der Waals surface area contributed by atoms with Crippen LogP contribution >= 0.6 is 15.9 Å². The molecule has 0 aromatic carbocycles. The average molecular weight is 284 g/mol. The van der Waals surface area contributed by atoms with Gasteiger partial charge in [-0.15, -0.1) is 0 Å². The summed E-state index contributed by atoms with van der Waals surface area (Å²) in [5.74, 6) is 1.96. The van der Waals surface area contributed by atoms with E-state index in [-0.39, 0.29) is 0 Å². The highest BCUT2D eigenvalue weighted by Crippen LogP contribution is 2.28. The van der Waals surface area contributed by atoms with Crippen molar-refractivity contribution in [1.82, 2.24) is 9.97 Å². The lowest BCUT2D eigenvalue weighted by molar-refractivity contribution is 0.377. The summed E-state index contributed by atoms with van der Waals surface area (Å²) in [7, 11) is 0. The summed E-state index contributed by atoms with van der Waals surface area (Å²) in [4.78, 5) is 10.7. The van der Waals surface area contributed by atoms with E-state index in [2.05, 4.69) is 37.7 Å². The number of nitrogens with zero attached hydrogens (tertiary/aromatic N) is 3. The largest absolute Gasteiger partial charge is 0.356 e. The standard InChI is InChI=1S/C12H18BrN3/c1-2-3-10-4-6-16(7-5-10)12-11(13)8-14-9-15-12/h8-10H,2-7H2,1H3. The number of piperidine rings is 1. The van der Waals surface area contributed by atoms with Gasteiger partial charge in [-0.05, 0) is 34.7 Å². The molecule has 0 N–H and O–H groups in total. The van der Waals surface area contributed by atoms with Gasteiger partial charge in [0.15, 0.2) is 0 Å². The second-order valence-electron chi connectivity index (χ2n) is 4.41. The van der Waals surface area contributed by atoms with Crippen LogP contribution in [0.1, 0.15) is 32.6 Å². The third kappa shape index (κ3) is 2.73. The molecule has 16 heavy (non-hydrogen) atoms. The van der Waals surface area contributed by atoms with Gasteiger partial charge in [0.2, 0.25) is 0 Å². The molecule has 1 fully saturated rings. The molecule has 0 saturated carbocycles. The van der Waals surface area contributed by atoms with Gasteiger partial charge in [0.05, 0.1) is 4.47 Å². The molecule has 1 aliphatic heterocycles. The summed E-state index contributed by atoms with van der Waals surface area (Å²) < 4.78 is 1.00. The van der Waals surface area contributed by atoms with Gasteiger partial charge in [0.1, 0.15) is 12.1 Å². The topological polar surface area (TPSA) is 29.0 Å². The van der Waals surface area contributed by atoms with E-state index in [9.17, 15) is 0 Å². The molecule has 2 rings (SSSR count). The van der Waals surface area contributed by atoms with Gasteiger partial charge in [-0.2, -0.15) is 0 Å². The van der Waals surface area contributed by atoms with Crippen molar-refractivity contribution in [3.63, 3.8) is 0 Å². The number of anilines is 1. The van der Waals surface area contributed by atoms with E-state index >= 15 is 0 Å². The van der Waals surface area contributed by atoms with Crippen LogP contribution in [0.5, 0.6) is 0 Å². The minimum Gasteiger partial charge on any atom is -0.356 e. The molecule has 0 bridgehead atoms. The minimum absolute atomic E-state index is 0.918. The highest BCUT2D eigenvalue weighted by molar-refractivity contribution is 9.10. The SMILES string of the molecule is CCCC1CCN(c2ncncc2Br)CC1. The van der Waals surface area contributed by atoms with Crippen LogP contribution in [0, 0.1) is 5.92 Å². The van der Waals surface area contributed by atoms with Crippen LogP contribution in [0.2, 0.25) is 0 Å². The molecule has 1 saturated heterocycles. The summed E-state index contributed by atoms with van der Waals surface area (Å²) in [5, 5.41) is 0. The van der Waals surface area contributed by atoms with Crippen LogP contribution in [-0.2, 0) is 0 Å². The fourth-order valence-corrected chi connectivity index (χ4v) is 2.85.